The summed E-state index contributed by atoms with van der Waals surface area (Å²) in [4.78, 5) is 0. The molecule has 0 bridgehead atoms. The SMILES string of the molecule is CCn1nc(C)c(Br)c1CC(CN)CO. The van der Waals surface area contributed by atoms with Gasteiger partial charge in [0.25, 0.3) is 0 Å². The van der Waals surface area contributed by atoms with Crippen molar-refractivity contribution in [2.75, 3.05) is 13.2 Å². The van der Waals surface area contributed by atoms with E-state index in [4.69, 9.17) is 10.8 Å². The minimum Gasteiger partial charge on any atom is -0.396 e. The maximum atomic E-state index is 9.12. The van der Waals surface area contributed by atoms with Crippen molar-refractivity contribution in [1.82, 2.24) is 9.78 Å². The van der Waals surface area contributed by atoms with Gasteiger partial charge in [0, 0.05) is 13.2 Å². The number of aryl methyl sites for hydroxylation is 2. The highest BCUT2D eigenvalue weighted by atomic mass is 79.9. The molecule has 0 aliphatic carbocycles. The third-order valence-corrected chi connectivity index (χ3v) is 3.56. The van der Waals surface area contributed by atoms with E-state index in [9.17, 15) is 0 Å². The zero-order valence-corrected chi connectivity index (χ0v) is 10.8. The standard InChI is InChI=1S/C10H18BrN3O/c1-3-14-9(4-8(5-12)6-15)10(11)7(2)13-14/h8,15H,3-6,12H2,1-2H3. The van der Waals surface area contributed by atoms with Crippen LogP contribution in [0.5, 0.6) is 0 Å². The molecule has 1 unspecified atom stereocenters. The second kappa shape index (κ2) is 5.63. The molecule has 0 saturated heterocycles. The summed E-state index contributed by atoms with van der Waals surface area (Å²) in [6.07, 6.45) is 0.766. The summed E-state index contributed by atoms with van der Waals surface area (Å²) in [6, 6.07) is 0. The summed E-state index contributed by atoms with van der Waals surface area (Å²) in [5, 5.41) is 13.5. The van der Waals surface area contributed by atoms with Gasteiger partial charge in [0.05, 0.1) is 15.9 Å². The van der Waals surface area contributed by atoms with Crippen molar-refractivity contribution in [2.24, 2.45) is 11.7 Å². The van der Waals surface area contributed by atoms with Crippen LogP contribution in [0.1, 0.15) is 18.3 Å². The van der Waals surface area contributed by atoms with E-state index >= 15 is 0 Å². The molecule has 0 aromatic carbocycles. The highest BCUT2D eigenvalue weighted by molar-refractivity contribution is 9.10. The first-order valence-corrected chi connectivity index (χ1v) is 5.96. The maximum absolute atomic E-state index is 9.12. The lowest BCUT2D eigenvalue weighted by molar-refractivity contribution is 0.227. The van der Waals surface area contributed by atoms with Crippen LogP contribution in [0.25, 0.3) is 0 Å². The van der Waals surface area contributed by atoms with Crippen LogP contribution in [-0.4, -0.2) is 28.0 Å². The number of rotatable bonds is 5. The zero-order valence-electron chi connectivity index (χ0n) is 9.20. The molecule has 86 valence electrons. The molecule has 15 heavy (non-hydrogen) atoms. The quantitative estimate of drug-likeness (QED) is 0.846. The van der Waals surface area contributed by atoms with Crippen molar-refractivity contribution in [2.45, 2.75) is 26.8 Å². The van der Waals surface area contributed by atoms with E-state index in [0.29, 0.717) is 6.54 Å². The fourth-order valence-electron chi connectivity index (χ4n) is 1.56. The summed E-state index contributed by atoms with van der Waals surface area (Å²) >= 11 is 3.52. The summed E-state index contributed by atoms with van der Waals surface area (Å²) in [5.41, 5.74) is 7.69. The highest BCUT2D eigenvalue weighted by Gasteiger charge is 2.16. The summed E-state index contributed by atoms with van der Waals surface area (Å²) in [5.74, 6) is 0.114. The van der Waals surface area contributed by atoms with E-state index in [2.05, 4.69) is 28.0 Å². The first-order valence-electron chi connectivity index (χ1n) is 5.16. The smallest absolute Gasteiger partial charge is 0.0738 e. The van der Waals surface area contributed by atoms with Gasteiger partial charge in [-0.25, -0.2) is 0 Å². The fraction of sp³-hybridized carbons (Fsp3) is 0.700. The number of aliphatic hydroxyl groups is 1. The Morgan fingerprint density at radius 1 is 1.60 bits per heavy atom. The average Bonchev–Trinajstić information content (AvgIpc) is 2.52. The number of aliphatic hydroxyl groups excluding tert-OH is 1. The first kappa shape index (κ1) is 12.7. The van der Waals surface area contributed by atoms with Gasteiger partial charge in [-0.05, 0) is 48.7 Å². The van der Waals surface area contributed by atoms with Gasteiger partial charge in [-0.2, -0.15) is 5.10 Å². The molecule has 4 nitrogen and oxygen atoms in total. The number of halogens is 1. The molecule has 0 spiro atoms. The Morgan fingerprint density at radius 3 is 2.73 bits per heavy atom. The summed E-state index contributed by atoms with van der Waals surface area (Å²) < 4.78 is 2.99. The van der Waals surface area contributed by atoms with Crippen molar-refractivity contribution in [3.8, 4) is 0 Å². The number of hydrogen-bond donors (Lipinski definition) is 2. The number of nitrogens with two attached hydrogens (primary N) is 1. The average molecular weight is 276 g/mol. The maximum Gasteiger partial charge on any atom is 0.0738 e. The molecule has 0 amide bonds. The van der Waals surface area contributed by atoms with Gasteiger partial charge in [-0.15, -0.1) is 0 Å². The van der Waals surface area contributed by atoms with Crippen molar-refractivity contribution in [3.63, 3.8) is 0 Å². The molecule has 0 fully saturated rings. The largest absolute Gasteiger partial charge is 0.396 e. The molecule has 0 radical (unpaired) electrons. The number of nitrogens with zero attached hydrogens (tertiary/aromatic N) is 2. The fourth-order valence-corrected chi connectivity index (χ4v) is 2.01. The minimum atomic E-state index is 0.114. The molecular weight excluding hydrogens is 258 g/mol. The van der Waals surface area contributed by atoms with Gasteiger partial charge in [0.15, 0.2) is 0 Å². The lowest BCUT2D eigenvalue weighted by Crippen LogP contribution is -2.22. The van der Waals surface area contributed by atoms with Crippen LogP contribution in [-0.2, 0) is 13.0 Å². The molecule has 0 aliphatic rings. The third kappa shape index (κ3) is 2.80. The van der Waals surface area contributed by atoms with Gasteiger partial charge in [-0.1, -0.05) is 0 Å². The normalized spacial score (nSPS) is 13.1. The van der Waals surface area contributed by atoms with Crippen molar-refractivity contribution in [3.05, 3.63) is 15.9 Å². The van der Waals surface area contributed by atoms with E-state index in [-0.39, 0.29) is 12.5 Å². The van der Waals surface area contributed by atoms with E-state index < -0.39 is 0 Å². The van der Waals surface area contributed by atoms with Crippen LogP contribution in [0.4, 0.5) is 0 Å². The summed E-state index contributed by atoms with van der Waals surface area (Å²) in [7, 11) is 0. The molecule has 1 aromatic rings. The first-order chi connectivity index (χ1) is 7.13. The van der Waals surface area contributed by atoms with Crippen LogP contribution >= 0.6 is 15.9 Å². The van der Waals surface area contributed by atoms with Crippen molar-refractivity contribution >= 4 is 15.9 Å². The van der Waals surface area contributed by atoms with Crippen LogP contribution in [0.2, 0.25) is 0 Å². The van der Waals surface area contributed by atoms with Gasteiger partial charge in [0.1, 0.15) is 0 Å². The van der Waals surface area contributed by atoms with Crippen LogP contribution < -0.4 is 5.73 Å². The van der Waals surface area contributed by atoms with Crippen molar-refractivity contribution < 1.29 is 5.11 Å². The monoisotopic (exact) mass is 275 g/mol. The predicted octanol–water partition coefficient (Wildman–Crippen LogP) is 1.08. The number of aromatic nitrogens is 2. The molecule has 5 heteroatoms. The van der Waals surface area contributed by atoms with E-state index in [1.807, 2.05) is 11.6 Å². The Kier molecular flexibility index (Phi) is 4.76. The van der Waals surface area contributed by atoms with E-state index in [1.165, 1.54) is 0 Å². The second-order valence-electron chi connectivity index (χ2n) is 3.65. The second-order valence-corrected chi connectivity index (χ2v) is 4.44. The molecule has 1 heterocycles. The predicted molar refractivity (Wildman–Crippen MR) is 63.7 cm³/mol. The third-order valence-electron chi connectivity index (χ3n) is 2.53. The van der Waals surface area contributed by atoms with Crippen LogP contribution in [0.3, 0.4) is 0 Å². The van der Waals surface area contributed by atoms with Gasteiger partial charge in [0.2, 0.25) is 0 Å². The molecule has 1 aromatic heterocycles. The molecule has 3 N–H and O–H groups in total. The lowest BCUT2D eigenvalue weighted by atomic mass is 10.0. The van der Waals surface area contributed by atoms with Gasteiger partial charge in [-0.3, -0.25) is 4.68 Å². The van der Waals surface area contributed by atoms with Crippen molar-refractivity contribution in [1.29, 1.82) is 0 Å². The lowest BCUT2D eigenvalue weighted by Gasteiger charge is -2.12. The topological polar surface area (TPSA) is 64.1 Å². The number of hydrogen-bond acceptors (Lipinski definition) is 3. The van der Waals surface area contributed by atoms with Crippen LogP contribution in [0.15, 0.2) is 4.47 Å². The Morgan fingerprint density at radius 2 is 2.27 bits per heavy atom. The van der Waals surface area contributed by atoms with Gasteiger partial charge < -0.3 is 10.8 Å². The Balaban J connectivity index is 2.91. The Labute approximate surface area is 98.6 Å². The molecule has 1 rings (SSSR count). The van der Waals surface area contributed by atoms with Gasteiger partial charge >= 0.3 is 0 Å². The zero-order chi connectivity index (χ0) is 11.4. The van der Waals surface area contributed by atoms with E-state index in [1.54, 1.807) is 0 Å². The van der Waals surface area contributed by atoms with E-state index in [0.717, 1.165) is 28.8 Å². The minimum absolute atomic E-state index is 0.114. The molecule has 1 atom stereocenters. The Bertz CT molecular complexity index is 321. The highest BCUT2D eigenvalue weighted by Crippen LogP contribution is 2.23. The molecule has 0 saturated carbocycles. The van der Waals surface area contributed by atoms with Crippen LogP contribution in [0, 0.1) is 12.8 Å². The molecule has 0 aliphatic heterocycles. The summed E-state index contributed by atoms with van der Waals surface area (Å²) in [6.45, 7) is 5.48. The Hall–Kier alpha value is -0.390. The molecular formula is C10H18BrN3O.